The van der Waals surface area contributed by atoms with E-state index in [-0.39, 0.29) is 17.8 Å². The van der Waals surface area contributed by atoms with Crippen LogP contribution in [0.5, 0.6) is 0 Å². The first kappa shape index (κ1) is 15.0. The lowest BCUT2D eigenvalue weighted by atomic mass is 9.98. The number of esters is 1. The van der Waals surface area contributed by atoms with Crippen molar-refractivity contribution < 1.29 is 9.53 Å². The van der Waals surface area contributed by atoms with E-state index >= 15 is 0 Å². The zero-order chi connectivity index (χ0) is 15.2. The third-order valence-electron chi connectivity index (χ3n) is 3.58. The van der Waals surface area contributed by atoms with Crippen molar-refractivity contribution in [2.45, 2.75) is 43.4 Å². The lowest BCUT2D eigenvalue weighted by Crippen LogP contribution is -2.22. The molecule has 0 saturated heterocycles. The summed E-state index contributed by atoms with van der Waals surface area (Å²) in [6.45, 7) is 0. The first-order valence-electron chi connectivity index (χ1n) is 7.46. The van der Waals surface area contributed by atoms with E-state index in [0.717, 1.165) is 31.5 Å². The van der Waals surface area contributed by atoms with Gasteiger partial charge in [-0.2, -0.15) is 0 Å². The Balaban J connectivity index is 1.55. The monoisotopic (exact) mass is 318 g/mol. The Morgan fingerprint density at radius 1 is 1.32 bits per heavy atom. The van der Waals surface area contributed by atoms with Crippen LogP contribution in [-0.4, -0.2) is 37.6 Å². The average Bonchev–Trinajstić information content (AvgIpc) is 3.03. The minimum absolute atomic E-state index is 0.0931. The summed E-state index contributed by atoms with van der Waals surface area (Å²) in [6, 6.07) is 5.62. The highest BCUT2D eigenvalue weighted by Crippen LogP contribution is 2.22. The Morgan fingerprint density at radius 3 is 2.95 bits per heavy atom. The summed E-state index contributed by atoms with van der Waals surface area (Å²) < 4.78 is 7.26. The number of aromatic nitrogens is 4. The maximum Gasteiger partial charge on any atom is 0.316 e. The van der Waals surface area contributed by atoms with Gasteiger partial charge in [0.25, 0.3) is 0 Å². The molecule has 1 saturated carbocycles. The second-order valence-electron chi connectivity index (χ2n) is 5.21. The number of pyridine rings is 1. The molecule has 0 unspecified atom stereocenters. The minimum Gasteiger partial charge on any atom is -0.462 e. The van der Waals surface area contributed by atoms with Crippen molar-refractivity contribution in [1.82, 2.24) is 19.7 Å². The summed E-state index contributed by atoms with van der Waals surface area (Å²) in [5.74, 6) is 0.783. The molecule has 2 heterocycles. The van der Waals surface area contributed by atoms with Crippen molar-refractivity contribution in [3.8, 4) is 5.82 Å². The molecular formula is C15H18N4O2S. The topological polar surface area (TPSA) is 69.9 Å². The number of hydrogen-bond donors (Lipinski definition) is 0. The summed E-state index contributed by atoms with van der Waals surface area (Å²) in [6.07, 6.45) is 8.92. The van der Waals surface area contributed by atoms with Gasteiger partial charge in [-0.05, 0) is 37.8 Å². The van der Waals surface area contributed by atoms with Crippen LogP contribution in [0.4, 0.5) is 0 Å². The molecule has 22 heavy (non-hydrogen) atoms. The van der Waals surface area contributed by atoms with Gasteiger partial charge in [0.15, 0.2) is 5.16 Å². The van der Waals surface area contributed by atoms with Gasteiger partial charge in [-0.25, -0.2) is 4.98 Å². The Hall–Kier alpha value is -1.89. The first-order valence-corrected chi connectivity index (χ1v) is 8.45. The lowest BCUT2D eigenvalue weighted by molar-refractivity contribution is -0.147. The van der Waals surface area contributed by atoms with Crippen molar-refractivity contribution in [2.24, 2.45) is 0 Å². The van der Waals surface area contributed by atoms with Gasteiger partial charge in [0, 0.05) is 6.20 Å². The van der Waals surface area contributed by atoms with Gasteiger partial charge in [0.2, 0.25) is 0 Å². The molecule has 1 fully saturated rings. The van der Waals surface area contributed by atoms with E-state index in [4.69, 9.17) is 4.74 Å². The maximum absolute atomic E-state index is 11.9. The summed E-state index contributed by atoms with van der Waals surface area (Å²) in [7, 11) is 0. The highest BCUT2D eigenvalue weighted by molar-refractivity contribution is 7.99. The second kappa shape index (κ2) is 7.40. The van der Waals surface area contributed by atoms with Crippen LogP contribution >= 0.6 is 11.8 Å². The molecule has 0 bridgehead atoms. The fraction of sp³-hybridized carbons (Fsp3) is 0.467. The molecule has 7 heteroatoms. The molecule has 6 nitrogen and oxygen atoms in total. The zero-order valence-corrected chi connectivity index (χ0v) is 13.0. The average molecular weight is 318 g/mol. The van der Waals surface area contributed by atoms with Crippen LogP contribution in [0.15, 0.2) is 35.9 Å². The Labute approximate surface area is 133 Å². The number of nitrogens with zero attached hydrogens (tertiary/aromatic N) is 4. The third kappa shape index (κ3) is 3.85. The molecule has 0 N–H and O–H groups in total. The van der Waals surface area contributed by atoms with Crippen molar-refractivity contribution in [3.05, 3.63) is 30.7 Å². The third-order valence-corrected chi connectivity index (χ3v) is 4.50. The highest BCUT2D eigenvalue weighted by atomic mass is 32.2. The lowest BCUT2D eigenvalue weighted by Gasteiger charge is -2.21. The Bertz CT molecular complexity index is 611. The molecule has 116 valence electrons. The van der Waals surface area contributed by atoms with E-state index in [2.05, 4.69) is 15.2 Å². The van der Waals surface area contributed by atoms with Crippen LogP contribution < -0.4 is 0 Å². The fourth-order valence-electron chi connectivity index (χ4n) is 2.50. The molecule has 3 rings (SSSR count). The van der Waals surface area contributed by atoms with Crippen LogP contribution in [0.1, 0.15) is 32.1 Å². The standard InChI is InChI=1S/C15H18N4O2S/c20-14(21-12-6-2-1-3-7-12)10-22-15-18-17-11-19(15)13-8-4-5-9-16-13/h4-5,8-9,11-12H,1-3,6-7,10H2. The molecular weight excluding hydrogens is 300 g/mol. The van der Waals surface area contributed by atoms with Crippen molar-refractivity contribution in [1.29, 1.82) is 0 Å². The van der Waals surface area contributed by atoms with Gasteiger partial charge in [-0.15, -0.1) is 10.2 Å². The van der Waals surface area contributed by atoms with Crippen molar-refractivity contribution >= 4 is 17.7 Å². The molecule has 0 amide bonds. The number of hydrogen-bond acceptors (Lipinski definition) is 6. The fourth-order valence-corrected chi connectivity index (χ4v) is 3.20. The number of carbonyl (C=O) groups excluding carboxylic acids is 1. The van der Waals surface area contributed by atoms with Crippen molar-refractivity contribution in [3.63, 3.8) is 0 Å². The van der Waals surface area contributed by atoms with Gasteiger partial charge in [0.05, 0.1) is 5.75 Å². The van der Waals surface area contributed by atoms with Crippen LogP contribution in [0.3, 0.4) is 0 Å². The highest BCUT2D eigenvalue weighted by Gasteiger charge is 2.18. The molecule has 0 aliphatic heterocycles. The van der Waals surface area contributed by atoms with E-state index in [9.17, 15) is 4.79 Å². The van der Waals surface area contributed by atoms with Gasteiger partial charge in [-0.3, -0.25) is 9.36 Å². The van der Waals surface area contributed by atoms with Crippen LogP contribution in [0.2, 0.25) is 0 Å². The van der Waals surface area contributed by atoms with E-state index < -0.39 is 0 Å². The van der Waals surface area contributed by atoms with Crippen LogP contribution in [0, 0.1) is 0 Å². The normalized spacial score (nSPS) is 15.6. The SMILES string of the molecule is O=C(CSc1nncn1-c1ccccn1)OC1CCCCC1. The second-order valence-corrected chi connectivity index (χ2v) is 6.15. The Morgan fingerprint density at radius 2 is 2.18 bits per heavy atom. The molecule has 0 aromatic carbocycles. The van der Waals surface area contributed by atoms with Crippen molar-refractivity contribution in [2.75, 3.05) is 5.75 Å². The Kier molecular flexibility index (Phi) is 5.05. The molecule has 2 aromatic rings. The molecule has 1 aliphatic rings. The quantitative estimate of drug-likeness (QED) is 0.623. The first-order chi connectivity index (χ1) is 10.8. The smallest absolute Gasteiger partial charge is 0.316 e. The molecule has 0 radical (unpaired) electrons. The molecule has 1 aliphatic carbocycles. The molecule has 0 spiro atoms. The number of rotatable bonds is 5. The maximum atomic E-state index is 11.9. The summed E-state index contributed by atoms with van der Waals surface area (Å²) in [4.78, 5) is 16.2. The number of carbonyl (C=O) groups is 1. The van der Waals surface area contributed by atoms with E-state index in [1.165, 1.54) is 18.2 Å². The predicted molar refractivity (Wildman–Crippen MR) is 82.8 cm³/mol. The molecule has 0 atom stereocenters. The molecule has 2 aromatic heterocycles. The zero-order valence-electron chi connectivity index (χ0n) is 12.2. The number of thioether (sulfide) groups is 1. The van der Waals surface area contributed by atoms with E-state index in [0.29, 0.717) is 5.16 Å². The van der Waals surface area contributed by atoms with Gasteiger partial charge in [-0.1, -0.05) is 24.2 Å². The van der Waals surface area contributed by atoms with E-state index in [1.54, 1.807) is 17.1 Å². The summed E-state index contributed by atoms with van der Waals surface area (Å²) in [5, 5.41) is 8.57. The minimum atomic E-state index is -0.188. The van der Waals surface area contributed by atoms with Gasteiger partial charge >= 0.3 is 5.97 Å². The number of ether oxygens (including phenoxy) is 1. The van der Waals surface area contributed by atoms with E-state index in [1.807, 2.05) is 18.2 Å². The summed E-state index contributed by atoms with van der Waals surface area (Å²) in [5.41, 5.74) is 0. The van der Waals surface area contributed by atoms with Crippen LogP contribution in [0.25, 0.3) is 5.82 Å². The summed E-state index contributed by atoms with van der Waals surface area (Å²) >= 11 is 1.32. The predicted octanol–water partition coefficient (Wildman–Crippen LogP) is 2.63. The van der Waals surface area contributed by atoms with Gasteiger partial charge < -0.3 is 4.74 Å². The van der Waals surface area contributed by atoms with Crippen LogP contribution in [-0.2, 0) is 9.53 Å². The largest absolute Gasteiger partial charge is 0.462 e. The van der Waals surface area contributed by atoms with Gasteiger partial charge in [0.1, 0.15) is 18.2 Å².